The molecule has 1 N–H and O–H groups in total. The molecule has 1 aliphatic rings. The van der Waals surface area contributed by atoms with Crippen LogP contribution in [0.25, 0.3) is 0 Å². The Morgan fingerprint density at radius 2 is 1.71 bits per heavy atom. The molecule has 0 aromatic heterocycles. The first-order chi connectivity index (χ1) is 10.1. The van der Waals surface area contributed by atoms with Gasteiger partial charge in [-0.15, -0.1) is 0 Å². The van der Waals surface area contributed by atoms with Crippen LogP contribution in [0.4, 0.5) is 0 Å². The van der Waals surface area contributed by atoms with Gasteiger partial charge in [-0.05, 0) is 42.3 Å². The van der Waals surface area contributed by atoms with Gasteiger partial charge in [0.1, 0.15) is 24.6 Å². The molecule has 1 aliphatic heterocycles. The number of fused-ring (bicyclic) bond motifs is 1. The monoisotopic (exact) mass is 286 g/mol. The smallest absolute Gasteiger partial charge is 0.161 e. The fraction of sp³-hybridized carbons (Fsp3) is 0.294. The lowest BCUT2D eigenvalue weighted by Gasteiger charge is -2.27. The van der Waals surface area contributed by atoms with Crippen LogP contribution in [0.15, 0.2) is 42.5 Å². The highest BCUT2D eigenvalue weighted by atomic mass is 16.6. The van der Waals surface area contributed by atoms with Gasteiger partial charge in [-0.1, -0.05) is 18.2 Å². The molecule has 0 aliphatic carbocycles. The molecule has 3 rings (SSSR count). The quantitative estimate of drug-likeness (QED) is 0.942. The van der Waals surface area contributed by atoms with E-state index in [2.05, 4.69) is 0 Å². The van der Waals surface area contributed by atoms with Gasteiger partial charge in [-0.2, -0.15) is 0 Å². The first-order valence-corrected chi connectivity index (χ1v) is 6.88. The lowest BCUT2D eigenvalue weighted by molar-refractivity contribution is 0.101. The normalized spacial score (nSPS) is 16.1. The highest BCUT2D eigenvalue weighted by Gasteiger charge is 2.28. The summed E-state index contributed by atoms with van der Waals surface area (Å²) in [5.74, 6) is 2.10. The molecule has 0 saturated carbocycles. The Morgan fingerprint density at radius 3 is 2.48 bits per heavy atom. The van der Waals surface area contributed by atoms with Gasteiger partial charge in [0.25, 0.3) is 0 Å². The van der Waals surface area contributed by atoms with Crippen molar-refractivity contribution >= 4 is 0 Å². The van der Waals surface area contributed by atoms with Gasteiger partial charge < -0.3 is 19.3 Å². The van der Waals surface area contributed by atoms with E-state index in [0.29, 0.717) is 30.5 Å². The zero-order chi connectivity index (χ0) is 14.9. The zero-order valence-electron chi connectivity index (χ0n) is 12.1. The summed E-state index contributed by atoms with van der Waals surface area (Å²) in [6.45, 7) is 2.84. The van der Waals surface area contributed by atoms with E-state index in [1.54, 1.807) is 14.0 Å². The molecule has 0 spiro atoms. The van der Waals surface area contributed by atoms with Gasteiger partial charge in [0.05, 0.1) is 7.11 Å². The summed E-state index contributed by atoms with van der Waals surface area (Å²) in [5, 5.41) is 10.9. The van der Waals surface area contributed by atoms with Crippen molar-refractivity contribution in [3.05, 3.63) is 53.6 Å². The maximum atomic E-state index is 10.9. The number of ether oxygens (including phenoxy) is 3. The van der Waals surface area contributed by atoms with E-state index >= 15 is 0 Å². The van der Waals surface area contributed by atoms with Gasteiger partial charge in [-0.25, -0.2) is 0 Å². The molecule has 1 heterocycles. The second-order valence-corrected chi connectivity index (χ2v) is 5.16. The minimum absolute atomic E-state index is 0.526. The SMILES string of the molecule is COc1cccc(C(C)(O)c2ccc3c(c2)OCCO3)c1. The minimum Gasteiger partial charge on any atom is -0.497 e. The molecule has 0 bridgehead atoms. The van der Waals surface area contributed by atoms with Crippen LogP contribution in [0.5, 0.6) is 17.2 Å². The van der Waals surface area contributed by atoms with Crippen molar-refractivity contribution in [2.24, 2.45) is 0 Å². The molecule has 2 aromatic rings. The summed E-state index contributed by atoms with van der Waals surface area (Å²) in [6, 6.07) is 12.9. The third-order valence-corrected chi connectivity index (χ3v) is 3.74. The molecule has 21 heavy (non-hydrogen) atoms. The van der Waals surface area contributed by atoms with Crippen molar-refractivity contribution < 1.29 is 19.3 Å². The highest BCUT2D eigenvalue weighted by Crippen LogP contribution is 2.37. The van der Waals surface area contributed by atoms with E-state index < -0.39 is 5.60 Å². The van der Waals surface area contributed by atoms with Gasteiger partial charge in [-0.3, -0.25) is 0 Å². The van der Waals surface area contributed by atoms with Crippen LogP contribution in [-0.2, 0) is 5.60 Å². The van der Waals surface area contributed by atoms with Crippen LogP contribution in [0.3, 0.4) is 0 Å². The Balaban J connectivity index is 2.00. The Kier molecular flexibility index (Phi) is 3.47. The van der Waals surface area contributed by atoms with Gasteiger partial charge in [0.2, 0.25) is 0 Å². The third kappa shape index (κ3) is 2.54. The maximum absolute atomic E-state index is 10.9. The number of hydrogen-bond donors (Lipinski definition) is 1. The second-order valence-electron chi connectivity index (χ2n) is 5.16. The summed E-state index contributed by atoms with van der Waals surface area (Å²) in [5.41, 5.74) is 0.378. The average Bonchev–Trinajstić information content (AvgIpc) is 2.54. The van der Waals surface area contributed by atoms with E-state index in [-0.39, 0.29) is 0 Å². The Bertz CT molecular complexity index is 649. The third-order valence-electron chi connectivity index (χ3n) is 3.74. The maximum Gasteiger partial charge on any atom is 0.161 e. The molecule has 1 atom stereocenters. The van der Waals surface area contributed by atoms with Crippen molar-refractivity contribution in [2.45, 2.75) is 12.5 Å². The lowest BCUT2D eigenvalue weighted by Crippen LogP contribution is -2.23. The van der Waals surface area contributed by atoms with E-state index in [1.165, 1.54) is 0 Å². The Morgan fingerprint density at radius 1 is 1.00 bits per heavy atom. The van der Waals surface area contributed by atoms with E-state index in [4.69, 9.17) is 14.2 Å². The summed E-state index contributed by atoms with van der Waals surface area (Å²) in [6.07, 6.45) is 0. The fourth-order valence-electron chi connectivity index (χ4n) is 2.44. The lowest BCUT2D eigenvalue weighted by atomic mass is 9.88. The molecule has 1 unspecified atom stereocenters. The van der Waals surface area contributed by atoms with Crippen molar-refractivity contribution in [2.75, 3.05) is 20.3 Å². The number of aliphatic hydroxyl groups is 1. The van der Waals surface area contributed by atoms with Crippen molar-refractivity contribution in [1.29, 1.82) is 0 Å². The number of methoxy groups -OCH3 is 1. The van der Waals surface area contributed by atoms with Crippen LogP contribution in [-0.4, -0.2) is 25.4 Å². The van der Waals surface area contributed by atoms with Crippen molar-refractivity contribution in [1.82, 2.24) is 0 Å². The number of hydrogen-bond acceptors (Lipinski definition) is 4. The molecule has 0 saturated heterocycles. The van der Waals surface area contributed by atoms with E-state index in [1.807, 2.05) is 42.5 Å². The molecular weight excluding hydrogens is 268 g/mol. The summed E-state index contributed by atoms with van der Waals surface area (Å²) < 4.78 is 16.3. The molecule has 4 nitrogen and oxygen atoms in total. The van der Waals surface area contributed by atoms with Crippen LogP contribution in [0, 0.1) is 0 Å². The van der Waals surface area contributed by atoms with Gasteiger partial charge >= 0.3 is 0 Å². The molecule has 110 valence electrons. The Labute approximate surface area is 123 Å². The molecule has 0 fully saturated rings. The number of benzene rings is 2. The highest BCUT2D eigenvalue weighted by molar-refractivity contribution is 5.48. The Hall–Kier alpha value is -2.20. The van der Waals surface area contributed by atoms with Gasteiger partial charge in [0, 0.05) is 0 Å². The topological polar surface area (TPSA) is 47.9 Å². The number of rotatable bonds is 3. The van der Waals surface area contributed by atoms with Gasteiger partial charge in [0.15, 0.2) is 11.5 Å². The zero-order valence-corrected chi connectivity index (χ0v) is 12.1. The van der Waals surface area contributed by atoms with Crippen LogP contribution >= 0.6 is 0 Å². The molecule has 0 radical (unpaired) electrons. The predicted octanol–water partition coefficient (Wildman–Crippen LogP) is 2.72. The summed E-state index contributed by atoms with van der Waals surface area (Å²) in [7, 11) is 1.61. The minimum atomic E-state index is -1.13. The fourth-order valence-corrected chi connectivity index (χ4v) is 2.44. The summed E-state index contributed by atoms with van der Waals surface area (Å²) in [4.78, 5) is 0. The molecule has 0 amide bonds. The van der Waals surface area contributed by atoms with Crippen LogP contribution < -0.4 is 14.2 Å². The molecular formula is C17H18O4. The van der Waals surface area contributed by atoms with Crippen molar-refractivity contribution in [3.8, 4) is 17.2 Å². The van der Waals surface area contributed by atoms with Crippen LogP contribution in [0.2, 0.25) is 0 Å². The second kappa shape index (κ2) is 5.30. The standard InChI is InChI=1S/C17H18O4/c1-17(18,12-4-3-5-14(10-12)19-2)13-6-7-15-16(11-13)21-9-8-20-15/h3-7,10-11,18H,8-9H2,1-2H3. The molecule has 2 aromatic carbocycles. The molecule has 4 heteroatoms. The first kappa shape index (κ1) is 13.8. The first-order valence-electron chi connectivity index (χ1n) is 6.88. The van der Waals surface area contributed by atoms with Crippen molar-refractivity contribution in [3.63, 3.8) is 0 Å². The van der Waals surface area contributed by atoms with Crippen LogP contribution in [0.1, 0.15) is 18.1 Å². The largest absolute Gasteiger partial charge is 0.497 e. The van der Waals surface area contributed by atoms with E-state index in [0.717, 1.165) is 11.1 Å². The predicted molar refractivity (Wildman–Crippen MR) is 79.1 cm³/mol. The average molecular weight is 286 g/mol. The summed E-state index contributed by atoms with van der Waals surface area (Å²) >= 11 is 0. The van der Waals surface area contributed by atoms with E-state index in [9.17, 15) is 5.11 Å².